The first-order valence-corrected chi connectivity index (χ1v) is 6.64. The van der Waals surface area contributed by atoms with Crippen LogP contribution in [0.4, 0.5) is 0 Å². The maximum Gasteiger partial charge on any atom is 0.258 e. The van der Waals surface area contributed by atoms with Gasteiger partial charge in [-0.1, -0.05) is 12.1 Å². The summed E-state index contributed by atoms with van der Waals surface area (Å²) in [5.41, 5.74) is 0. The second kappa shape index (κ2) is 6.99. The fourth-order valence-electron chi connectivity index (χ4n) is 2.03. The molecule has 1 atom stereocenters. The average molecular weight is 264 g/mol. The van der Waals surface area contributed by atoms with Crippen LogP contribution in [0.1, 0.15) is 13.3 Å². The molecule has 1 aromatic carbocycles. The summed E-state index contributed by atoms with van der Waals surface area (Å²) in [7, 11) is 0. The van der Waals surface area contributed by atoms with E-state index in [4.69, 9.17) is 9.47 Å². The molecule has 1 amide bonds. The Morgan fingerprint density at radius 3 is 2.74 bits per heavy atom. The molecule has 104 valence electrons. The Hall–Kier alpha value is -1.75. The van der Waals surface area contributed by atoms with Gasteiger partial charge in [0, 0.05) is 12.6 Å². The zero-order chi connectivity index (χ0) is 13.5. The second-order valence-corrected chi connectivity index (χ2v) is 4.43. The van der Waals surface area contributed by atoms with Crippen molar-refractivity contribution in [1.29, 1.82) is 0 Å². The summed E-state index contributed by atoms with van der Waals surface area (Å²) in [6.45, 7) is 4.29. The molecule has 1 heterocycles. The van der Waals surface area contributed by atoms with Gasteiger partial charge in [0.1, 0.15) is 0 Å². The molecule has 1 unspecified atom stereocenters. The third-order valence-corrected chi connectivity index (χ3v) is 2.93. The van der Waals surface area contributed by atoms with Gasteiger partial charge >= 0.3 is 0 Å². The van der Waals surface area contributed by atoms with Crippen molar-refractivity contribution in [1.82, 2.24) is 10.6 Å². The van der Waals surface area contributed by atoms with Crippen LogP contribution in [-0.2, 0) is 4.79 Å². The van der Waals surface area contributed by atoms with E-state index in [1.807, 2.05) is 25.1 Å². The monoisotopic (exact) mass is 264 g/mol. The lowest BCUT2D eigenvalue weighted by Gasteiger charge is -2.13. The van der Waals surface area contributed by atoms with E-state index in [1.54, 1.807) is 6.07 Å². The lowest BCUT2D eigenvalue weighted by atomic mass is 10.2. The highest BCUT2D eigenvalue weighted by Gasteiger charge is 2.17. The van der Waals surface area contributed by atoms with Crippen LogP contribution in [0.3, 0.4) is 0 Å². The number of benzene rings is 1. The number of amides is 1. The van der Waals surface area contributed by atoms with Crippen LogP contribution in [0.15, 0.2) is 24.3 Å². The standard InChI is InChI=1S/C14H20N2O3/c1-2-18-12-5-3-4-6-13(12)19-10-14(17)16-11-7-8-15-9-11/h3-6,11,15H,2,7-10H2,1H3,(H,16,17). The number of carbonyl (C=O) groups is 1. The first kappa shape index (κ1) is 13.7. The van der Waals surface area contributed by atoms with Gasteiger partial charge < -0.3 is 20.1 Å². The smallest absolute Gasteiger partial charge is 0.258 e. The van der Waals surface area contributed by atoms with E-state index >= 15 is 0 Å². The molecule has 1 saturated heterocycles. The van der Waals surface area contributed by atoms with Gasteiger partial charge in [-0.25, -0.2) is 0 Å². The second-order valence-electron chi connectivity index (χ2n) is 4.43. The fraction of sp³-hybridized carbons (Fsp3) is 0.500. The van der Waals surface area contributed by atoms with Crippen LogP contribution in [0, 0.1) is 0 Å². The van der Waals surface area contributed by atoms with E-state index in [1.165, 1.54) is 0 Å². The van der Waals surface area contributed by atoms with Crippen molar-refractivity contribution in [2.24, 2.45) is 0 Å². The lowest BCUT2D eigenvalue weighted by molar-refractivity contribution is -0.123. The number of hydrogen-bond donors (Lipinski definition) is 2. The molecule has 5 heteroatoms. The van der Waals surface area contributed by atoms with Gasteiger partial charge in [-0.15, -0.1) is 0 Å². The number of rotatable bonds is 6. The van der Waals surface area contributed by atoms with Crippen LogP contribution in [-0.4, -0.2) is 38.3 Å². The third kappa shape index (κ3) is 4.13. The Labute approximate surface area is 113 Å². The van der Waals surface area contributed by atoms with Gasteiger partial charge in [-0.05, 0) is 32.0 Å². The normalized spacial score (nSPS) is 18.1. The number of carbonyl (C=O) groups excluding carboxylic acids is 1. The van der Waals surface area contributed by atoms with Crippen molar-refractivity contribution in [3.05, 3.63) is 24.3 Å². The summed E-state index contributed by atoms with van der Waals surface area (Å²) < 4.78 is 10.9. The van der Waals surface area contributed by atoms with E-state index < -0.39 is 0 Å². The van der Waals surface area contributed by atoms with Crippen molar-refractivity contribution in [2.75, 3.05) is 26.3 Å². The SMILES string of the molecule is CCOc1ccccc1OCC(=O)NC1CCNC1. The summed E-state index contributed by atoms with van der Waals surface area (Å²) in [5, 5.41) is 6.14. The van der Waals surface area contributed by atoms with Gasteiger partial charge in [0.25, 0.3) is 5.91 Å². The van der Waals surface area contributed by atoms with Crippen LogP contribution >= 0.6 is 0 Å². The summed E-state index contributed by atoms with van der Waals surface area (Å²) in [5.74, 6) is 1.17. The molecular weight excluding hydrogens is 244 g/mol. The Balaban J connectivity index is 1.82. The van der Waals surface area contributed by atoms with E-state index in [-0.39, 0.29) is 18.6 Å². The van der Waals surface area contributed by atoms with Gasteiger partial charge in [0.2, 0.25) is 0 Å². The zero-order valence-electron chi connectivity index (χ0n) is 11.1. The molecule has 19 heavy (non-hydrogen) atoms. The fourth-order valence-corrected chi connectivity index (χ4v) is 2.03. The molecule has 0 spiro atoms. The van der Waals surface area contributed by atoms with Gasteiger partial charge in [-0.2, -0.15) is 0 Å². The Morgan fingerprint density at radius 2 is 2.11 bits per heavy atom. The highest BCUT2D eigenvalue weighted by molar-refractivity contribution is 5.78. The van der Waals surface area contributed by atoms with Crippen molar-refractivity contribution in [3.8, 4) is 11.5 Å². The van der Waals surface area contributed by atoms with Gasteiger partial charge in [-0.3, -0.25) is 4.79 Å². The highest BCUT2D eigenvalue weighted by atomic mass is 16.5. The predicted molar refractivity (Wildman–Crippen MR) is 72.5 cm³/mol. The number of hydrogen-bond acceptors (Lipinski definition) is 4. The number of ether oxygens (including phenoxy) is 2. The van der Waals surface area contributed by atoms with Crippen molar-refractivity contribution in [2.45, 2.75) is 19.4 Å². The molecule has 0 bridgehead atoms. The van der Waals surface area contributed by atoms with Crippen molar-refractivity contribution in [3.63, 3.8) is 0 Å². The molecular formula is C14H20N2O3. The average Bonchev–Trinajstić information content (AvgIpc) is 2.91. The largest absolute Gasteiger partial charge is 0.490 e. The quantitative estimate of drug-likeness (QED) is 0.803. The van der Waals surface area contributed by atoms with Crippen LogP contribution in [0.25, 0.3) is 0 Å². The van der Waals surface area contributed by atoms with Crippen molar-refractivity contribution >= 4 is 5.91 Å². The molecule has 5 nitrogen and oxygen atoms in total. The molecule has 2 rings (SSSR count). The zero-order valence-corrected chi connectivity index (χ0v) is 11.1. The Kier molecular flexibility index (Phi) is 5.03. The minimum Gasteiger partial charge on any atom is -0.490 e. The van der Waals surface area contributed by atoms with Crippen LogP contribution in [0.5, 0.6) is 11.5 Å². The van der Waals surface area contributed by atoms with Gasteiger partial charge in [0.15, 0.2) is 18.1 Å². The van der Waals surface area contributed by atoms with E-state index in [0.29, 0.717) is 18.1 Å². The summed E-state index contributed by atoms with van der Waals surface area (Å²) in [6, 6.07) is 7.59. The Morgan fingerprint density at radius 1 is 1.37 bits per heavy atom. The van der Waals surface area contributed by atoms with E-state index in [9.17, 15) is 4.79 Å². The lowest BCUT2D eigenvalue weighted by Crippen LogP contribution is -2.39. The molecule has 0 aliphatic carbocycles. The Bertz CT molecular complexity index is 417. The van der Waals surface area contributed by atoms with Crippen LogP contribution < -0.4 is 20.1 Å². The topological polar surface area (TPSA) is 59.6 Å². The molecule has 1 aliphatic rings. The van der Waals surface area contributed by atoms with Crippen LogP contribution in [0.2, 0.25) is 0 Å². The first-order chi connectivity index (χ1) is 9.29. The third-order valence-electron chi connectivity index (χ3n) is 2.93. The van der Waals surface area contributed by atoms with E-state index in [2.05, 4.69) is 10.6 Å². The molecule has 1 aliphatic heterocycles. The first-order valence-electron chi connectivity index (χ1n) is 6.64. The molecule has 1 fully saturated rings. The molecule has 0 aromatic heterocycles. The molecule has 2 N–H and O–H groups in total. The highest BCUT2D eigenvalue weighted by Crippen LogP contribution is 2.26. The number of nitrogens with one attached hydrogen (secondary N) is 2. The molecule has 0 radical (unpaired) electrons. The predicted octanol–water partition coefficient (Wildman–Crippen LogP) is 0.942. The summed E-state index contributed by atoms with van der Waals surface area (Å²) in [6.07, 6.45) is 0.973. The van der Waals surface area contributed by atoms with E-state index in [0.717, 1.165) is 19.5 Å². The molecule has 1 aromatic rings. The minimum absolute atomic E-state index is 0.0145. The maximum absolute atomic E-state index is 11.7. The number of para-hydroxylation sites is 2. The summed E-state index contributed by atoms with van der Waals surface area (Å²) in [4.78, 5) is 11.7. The minimum atomic E-state index is -0.0972. The molecule has 0 saturated carbocycles. The van der Waals surface area contributed by atoms with Crippen molar-refractivity contribution < 1.29 is 14.3 Å². The maximum atomic E-state index is 11.7. The van der Waals surface area contributed by atoms with Gasteiger partial charge in [0.05, 0.1) is 6.61 Å². The summed E-state index contributed by atoms with van der Waals surface area (Å²) >= 11 is 0.